The van der Waals surface area contributed by atoms with Crippen molar-refractivity contribution < 1.29 is 4.39 Å². The van der Waals surface area contributed by atoms with E-state index in [1.807, 2.05) is 30.3 Å². The molecular weight excluding hydrogens is 415 g/mol. The summed E-state index contributed by atoms with van der Waals surface area (Å²) in [6.45, 7) is 4.50. The largest absolute Gasteiger partial charge is 0.206 e. The monoisotopic (exact) mass is 454 g/mol. The van der Waals surface area contributed by atoms with Crippen LogP contribution < -0.4 is 0 Å². The molecule has 34 heavy (non-hydrogen) atoms. The highest BCUT2D eigenvalue weighted by molar-refractivity contribution is 5.85. The molecule has 0 radical (unpaired) electrons. The molecule has 0 bridgehead atoms. The lowest BCUT2D eigenvalue weighted by Crippen LogP contribution is -2.13. The van der Waals surface area contributed by atoms with Gasteiger partial charge in [0.15, 0.2) is 0 Å². The maximum atomic E-state index is 15.0. The molecule has 0 aliphatic heterocycles. The highest BCUT2D eigenvalue weighted by atomic mass is 19.1. The number of unbranched alkanes of at least 4 members (excludes halogenated alkanes) is 3. The van der Waals surface area contributed by atoms with Crippen LogP contribution in [0.5, 0.6) is 0 Å². The Morgan fingerprint density at radius 3 is 2.24 bits per heavy atom. The molecule has 0 unspecified atom stereocenters. The second-order valence-corrected chi connectivity index (χ2v) is 10.2. The van der Waals surface area contributed by atoms with Crippen molar-refractivity contribution in [2.45, 2.75) is 90.4 Å². The van der Waals surface area contributed by atoms with Crippen molar-refractivity contribution in [1.29, 1.82) is 0 Å². The molecule has 0 aromatic heterocycles. The van der Waals surface area contributed by atoms with Crippen LogP contribution >= 0.6 is 0 Å². The van der Waals surface area contributed by atoms with Gasteiger partial charge >= 0.3 is 0 Å². The van der Waals surface area contributed by atoms with Gasteiger partial charge in [-0.1, -0.05) is 88.1 Å². The molecule has 0 nitrogen and oxygen atoms in total. The number of hydrogen-bond donors (Lipinski definition) is 0. The van der Waals surface area contributed by atoms with Gasteiger partial charge in [-0.15, -0.1) is 0 Å². The van der Waals surface area contributed by atoms with E-state index in [4.69, 9.17) is 0 Å². The van der Waals surface area contributed by atoms with Gasteiger partial charge in [0.1, 0.15) is 5.82 Å². The standard InChI is InChI=1S/C33H39F/c1-3-5-6-7-9-30-21-22-31-24-27(16-23-32(31)33(30)34)11-10-26-14-19-29(20-15-26)28-17-12-25(8-4-2)13-18-28/h14-16,19-25,28H,3-9,12-13,17-18H2,1-2H3. The van der Waals surface area contributed by atoms with E-state index in [9.17, 15) is 4.39 Å². The molecule has 178 valence electrons. The lowest BCUT2D eigenvalue weighted by molar-refractivity contribution is 0.308. The Morgan fingerprint density at radius 1 is 0.765 bits per heavy atom. The summed E-state index contributed by atoms with van der Waals surface area (Å²) in [5.74, 6) is 8.18. The highest BCUT2D eigenvalue weighted by Gasteiger charge is 2.21. The van der Waals surface area contributed by atoms with E-state index in [0.717, 1.165) is 40.8 Å². The first kappa shape index (κ1) is 24.5. The molecule has 1 heteroatoms. The fraction of sp³-hybridized carbons (Fsp3) is 0.455. The Hall–Kier alpha value is -2.59. The zero-order chi connectivity index (χ0) is 23.8. The molecule has 4 rings (SSSR count). The zero-order valence-corrected chi connectivity index (χ0v) is 21.0. The molecule has 0 amide bonds. The Morgan fingerprint density at radius 2 is 1.50 bits per heavy atom. The summed E-state index contributed by atoms with van der Waals surface area (Å²) < 4.78 is 15.0. The third-order valence-corrected chi connectivity index (χ3v) is 7.61. The molecule has 1 aliphatic rings. The molecule has 0 spiro atoms. The summed E-state index contributed by atoms with van der Waals surface area (Å²) in [5.41, 5.74) is 4.27. The summed E-state index contributed by atoms with van der Waals surface area (Å²) in [6.07, 6.45) is 13.6. The van der Waals surface area contributed by atoms with Crippen LogP contribution in [-0.4, -0.2) is 0 Å². The molecule has 0 N–H and O–H groups in total. The predicted molar refractivity (Wildman–Crippen MR) is 144 cm³/mol. The number of rotatable bonds is 8. The SMILES string of the molecule is CCCCCCc1ccc2cc(C#Cc3ccc(C4CCC(CCC)CC4)cc3)ccc2c1F. The Labute approximate surface area is 206 Å². The normalized spacial score (nSPS) is 18.0. The van der Waals surface area contributed by atoms with Gasteiger partial charge in [-0.2, -0.15) is 0 Å². The van der Waals surface area contributed by atoms with Crippen LogP contribution in [0.3, 0.4) is 0 Å². The molecule has 0 atom stereocenters. The van der Waals surface area contributed by atoms with Gasteiger partial charge in [0.05, 0.1) is 0 Å². The van der Waals surface area contributed by atoms with Crippen molar-refractivity contribution in [3.05, 3.63) is 82.7 Å². The number of benzene rings is 3. The fourth-order valence-corrected chi connectivity index (χ4v) is 5.53. The fourth-order valence-electron chi connectivity index (χ4n) is 5.53. The quantitative estimate of drug-likeness (QED) is 0.235. The van der Waals surface area contributed by atoms with Crippen molar-refractivity contribution in [2.24, 2.45) is 5.92 Å². The van der Waals surface area contributed by atoms with Gasteiger partial charge in [-0.05, 0) is 91.1 Å². The van der Waals surface area contributed by atoms with Crippen LogP contribution in [0.2, 0.25) is 0 Å². The van der Waals surface area contributed by atoms with Crippen molar-refractivity contribution in [2.75, 3.05) is 0 Å². The molecule has 1 saturated carbocycles. The van der Waals surface area contributed by atoms with Crippen LogP contribution in [0.1, 0.15) is 106 Å². The summed E-state index contributed by atoms with van der Waals surface area (Å²) in [4.78, 5) is 0. The number of halogens is 1. The van der Waals surface area contributed by atoms with E-state index in [0.29, 0.717) is 11.3 Å². The second kappa shape index (κ2) is 12.2. The van der Waals surface area contributed by atoms with Crippen LogP contribution in [0.4, 0.5) is 4.39 Å². The van der Waals surface area contributed by atoms with E-state index >= 15 is 0 Å². The third-order valence-electron chi connectivity index (χ3n) is 7.61. The van der Waals surface area contributed by atoms with Crippen molar-refractivity contribution in [3.63, 3.8) is 0 Å². The molecule has 1 fully saturated rings. The number of aryl methyl sites for hydroxylation is 1. The minimum atomic E-state index is -0.0622. The summed E-state index contributed by atoms with van der Waals surface area (Å²) in [5, 5.41) is 1.63. The average Bonchev–Trinajstić information content (AvgIpc) is 2.87. The molecule has 1 aliphatic carbocycles. The lowest BCUT2D eigenvalue weighted by Gasteiger charge is -2.28. The van der Waals surface area contributed by atoms with Crippen LogP contribution in [0.25, 0.3) is 10.8 Å². The van der Waals surface area contributed by atoms with E-state index < -0.39 is 0 Å². The second-order valence-electron chi connectivity index (χ2n) is 10.2. The molecule has 3 aromatic rings. The average molecular weight is 455 g/mol. The molecular formula is C33H39F. The van der Waals surface area contributed by atoms with E-state index in [1.54, 1.807) is 0 Å². The van der Waals surface area contributed by atoms with Crippen molar-refractivity contribution in [1.82, 2.24) is 0 Å². The van der Waals surface area contributed by atoms with Crippen molar-refractivity contribution in [3.8, 4) is 11.8 Å². The minimum absolute atomic E-state index is 0.0622. The Balaban J connectivity index is 1.40. The maximum absolute atomic E-state index is 15.0. The van der Waals surface area contributed by atoms with E-state index in [1.165, 1.54) is 63.4 Å². The molecule has 3 aromatic carbocycles. The molecule has 0 heterocycles. The summed E-state index contributed by atoms with van der Waals surface area (Å²) >= 11 is 0. The van der Waals surface area contributed by atoms with Crippen molar-refractivity contribution >= 4 is 10.8 Å². The first-order valence-corrected chi connectivity index (χ1v) is 13.5. The van der Waals surface area contributed by atoms with Crippen LogP contribution in [0, 0.1) is 23.6 Å². The molecule has 0 saturated heterocycles. The van der Waals surface area contributed by atoms with Crippen LogP contribution in [0.15, 0.2) is 54.6 Å². The number of fused-ring (bicyclic) bond motifs is 1. The van der Waals surface area contributed by atoms with Gasteiger partial charge < -0.3 is 0 Å². The Kier molecular flexibility index (Phi) is 8.81. The smallest absolute Gasteiger partial charge is 0.134 e. The van der Waals surface area contributed by atoms with Gasteiger partial charge in [0, 0.05) is 16.5 Å². The van der Waals surface area contributed by atoms with E-state index in [2.05, 4.69) is 50.0 Å². The Bertz CT molecular complexity index is 1120. The van der Waals surface area contributed by atoms with Gasteiger partial charge in [-0.3, -0.25) is 0 Å². The minimum Gasteiger partial charge on any atom is -0.206 e. The summed E-state index contributed by atoms with van der Waals surface area (Å²) in [7, 11) is 0. The lowest BCUT2D eigenvalue weighted by atomic mass is 9.77. The maximum Gasteiger partial charge on any atom is 0.134 e. The van der Waals surface area contributed by atoms with Gasteiger partial charge in [0.2, 0.25) is 0 Å². The van der Waals surface area contributed by atoms with Crippen LogP contribution in [-0.2, 0) is 6.42 Å². The topological polar surface area (TPSA) is 0 Å². The summed E-state index contributed by atoms with van der Waals surface area (Å²) in [6, 6.07) is 18.7. The predicted octanol–water partition coefficient (Wildman–Crippen LogP) is 9.58. The zero-order valence-electron chi connectivity index (χ0n) is 21.0. The van der Waals surface area contributed by atoms with Gasteiger partial charge in [0.25, 0.3) is 0 Å². The number of hydrogen-bond acceptors (Lipinski definition) is 0. The highest BCUT2D eigenvalue weighted by Crippen LogP contribution is 2.37. The van der Waals surface area contributed by atoms with E-state index in [-0.39, 0.29) is 5.82 Å². The van der Waals surface area contributed by atoms with Gasteiger partial charge in [-0.25, -0.2) is 4.39 Å². The third kappa shape index (κ3) is 6.29. The first-order chi connectivity index (χ1) is 16.7. The first-order valence-electron chi connectivity index (χ1n) is 13.5.